The van der Waals surface area contributed by atoms with Gasteiger partial charge in [-0.25, -0.2) is 0 Å². The maximum absolute atomic E-state index is 12.8. The first kappa shape index (κ1) is 21.7. The fourth-order valence-corrected chi connectivity index (χ4v) is 3.27. The minimum atomic E-state index is -0.419. The standard InChI is InChI=1S/C23H20Cl2N2O3/c1-15(16-7-3-2-4-8-16)26-23(29)18-9-5-6-10-20(18)27-22(28)14-30-21-12-11-17(24)13-19(21)25/h2-13,15H,14H2,1H3,(H,26,29)(H,27,28). The first-order chi connectivity index (χ1) is 14.4. The Morgan fingerprint density at radius 1 is 0.967 bits per heavy atom. The normalized spacial score (nSPS) is 11.4. The maximum atomic E-state index is 12.8. The molecule has 0 spiro atoms. The molecule has 0 aliphatic carbocycles. The summed E-state index contributed by atoms with van der Waals surface area (Å²) < 4.78 is 5.45. The lowest BCUT2D eigenvalue weighted by molar-refractivity contribution is -0.118. The van der Waals surface area contributed by atoms with Crippen LogP contribution in [0.25, 0.3) is 0 Å². The number of hydrogen-bond donors (Lipinski definition) is 2. The van der Waals surface area contributed by atoms with Gasteiger partial charge < -0.3 is 15.4 Å². The average Bonchev–Trinajstić information content (AvgIpc) is 2.74. The molecule has 30 heavy (non-hydrogen) atoms. The summed E-state index contributed by atoms with van der Waals surface area (Å²) in [5.74, 6) is -0.361. The highest BCUT2D eigenvalue weighted by molar-refractivity contribution is 6.35. The number of nitrogens with one attached hydrogen (secondary N) is 2. The van der Waals surface area contributed by atoms with E-state index in [1.807, 2.05) is 37.3 Å². The van der Waals surface area contributed by atoms with Crippen molar-refractivity contribution in [1.82, 2.24) is 5.32 Å². The van der Waals surface area contributed by atoms with Gasteiger partial charge in [-0.1, -0.05) is 65.7 Å². The van der Waals surface area contributed by atoms with Gasteiger partial charge in [0.15, 0.2) is 6.61 Å². The van der Waals surface area contributed by atoms with E-state index in [9.17, 15) is 9.59 Å². The topological polar surface area (TPSA) is 67.4 Å². The highest BCUT2D eigenvalue weighted by Gasteiger charge is 2.16. The zero-order valence-corrected chi connectivity index (χ0v) is 17.7. The maximum Gasteiger partial charge on any atom is 0.262 e. The van der Waals surface area contributed by atoms with Crippen molar-refractivity contribution < 1.29 is 14.3 Å². The van der Waals surface area contributed by atoms with Crippen LogP contribution >= 0.6 is 23.2 Å². The highest BCUT2D eigenvalue weighted by atomic mass is 35.5. The van der Waals surface area contributed by atoms with Crippen LogP contribution in [0.5, 0.6) is 5.75 Å². The lowest BCUT2D eigenvalue weighted by atomic mass is 10.1. The van der Waals surface area contributed by atoms with E-state index in [1.54, 1.807) is 36.4 Å². The number of halogens is 2. The molecule has 1 atom stereocenters. The molecule has 0 bridgehead atoms. The van der Waals surface area contributed by atoms with Crippen molar-refractivity contribution >= 4 is 40.7 Å². The molecular formula is C23H20Cl2N2O3. The molecule has 0 fully saturated rings. The molecule has 5 nitrogen and oxygen atoms in total. The largest absolute Gasteiger partial charge is 0.482 e. The molecule has 3 aromatic carbocycles. The molecule has 0 saturated heterocycles. The minimum absolute atomic E-state index is 0.183. The second-order valence-corrected chi connectivity index (χ2v) is 7.41. The Morgan fingerprint density at radius 3 is 2.40 bits per heavy atom. The lowest BCUT2D eigenvalue weighted by Gasteiger charge is -2.16. The van der Waals surface area contributed by atoms with Crippen molar-refractivity contribution in [2.75, 3.05) is 11.9 Å². The number of benzene rings is 3. The number of rotatable bonds is 7. The summed E-state index contributed by atoms with van der Waals surface area (Å²) in [5, 5.41) is 6.44. The third-order valence-electron chi connectivity index (χ3n) is 4.35. The first-order valence-corrected chi connectivity index (χ1v) is 10.0. The van der Waals surface area contributed by atoms with Gasteiger partial charge in [-0.2, -0.15) is 0 Å². The molecular weight excluding hydrogens is 423 g/mol. The lowest BCUT2D eigenvalue weighted by Crippen LogP contribution is -2.28. The van der Waals surface area contributed by atoms with Crippen LogP contribution in [0.15, 0.2) is 72.8 Å². The van der Waals surface area contributed by atoms with Crippen molar-refractivity contribution in [1.29, 1.82) is 0 Å². The quantitative estimate of drug-likeness (QED) is 0.507. The number of anilines is 1. The van der Waals surface area contributed by atoms with Gasteiger partial charge in [0.05, 0.1) is 22.3 Å². The predicted molar refractivity (Wildman–Crippen MR) is 119 cm³/mol. The van der Waals surface area contributed by atoms with Crippen LogP contribution < -0.4 is 15.4 Å². The van der Waals surface area contributed by atoms with E-state index in [0.29, 0.717) is 27.0 Å². The van der Waals surface area contributed by atoms with Gasteiger partial charge in [0, 0.05) is 5.02 Å². The summed E-state index contributed by atoms with van der Waals surface area (Å²) in [4.78, 5) is 25.1. The number of ether oxygens (including phenoxy) is 1. The number of hydrogen-bond acceptors (Lipinski definition) is 3. The van der Waals surface area contributed by atoms with Gasteiger partial charge in [-0.05, 0) is 42.8 Å². The average molecular weight is 443 g/mol. The highest BCUT2D eigenvalue weighted by Crippen LogP contribution is 2.27. The molecule has 0 heterocycles. The Balaban J connectivity index is 1.64. The van der Waals surface area contributed by atoms with Gasteiger partial charge in [0.1, 0.15) is 5.75 Å². The Kier molecular flexibility index (Phi) is 7.33. The van der Waals surface area contributed by atoms with Crippen molar-refractivity contribution in [3.8, 4) is 5.75 Å². The first-order valence-electron chi connectivity index (χ1n) is 9.26. The molecule has 0 saturated carbocycles. The van der Waals surface area contributed by atoms with E-state index in [0.717, 1.165) is 5.56 Å². The SMILES string of the molecule is CC(NC(=O)c1ccccc1NC(=O)COc1ccc(Cl)cc1Cl)c1ccccc1. The van der Waals surface area contributed by atoms with Crippen LogP contribution in [0, 0.1) is 0 Å². The van der Waals surface area contributed by atoms with Crippen LogP contribution in [0.3, 0.4) is 0 Å². The van der Waals surface area contributed by atoms with Crippen molar-refractivity contribution in [2.24, 2.45) is 0 Å². The van der Waals surface area contributed by atoms with Crippen molar-refractivity contribution in [3.63, 3.8) is 0 Å². The summed E-state index contributed by atoms with van der Waals surface area (Å²) in [6, 6.07) is 21.0. The predicted octanol–water partition coefficient (Wildman–Crippen LogP) is 5.50. The van der Waals surface area contributed by atoms with Gasteiger partial charge in [-0.15, -0.1) is 0 Å². The van der Waals surface area contributed by atoms with Crippen LogP contribution in [-0.4, -0.2) is 18.4 Å². The Bertz CT molecular complexity index is 1040. The second-order valence-electron chi connectivity index (χ2n) is 6.56. The summed E-state index contributed by atoms with van der Waals surface area (Å²) >= 11 is 11.9. The van der Waals surface area contributed by atoms with E-state index in [-0.39, 0.29) is 18.6 Å². The second kappa shape index (κ2) is 10.1. The fraction of sp³-hybridized carbons (Fsp3) is 0.130. The van der Waals surface area contributed by atoms with E-state index in [4.69, 9.17) is 27.9 Å². The Labute approximate surface area is 185 Å². The molecule has 0 aromatic heterocycles. The molecule has 1 unspecified atom stereocenters. The molecule has 2 amide bonds. The van der Waals surface area contributed by atoms with E-state index < -0.39 is 5.91 Å². The summed E-state index contributed by atoms with van der Waals surface area (Å²) in [6.45, 7) is 1.63. The van der Waals surface area contributed by atoms with Gasteiger partial charge in [0.2, 0.25) is 0 Å². The molecule has 3 aromatic rings. The Morgan fingerprint density at radius 2 is 1.67 bits per heavy atom. The molecule has 154 valence electrons. The number of carbonyl (C=O) groups excluding carboxylic acids is 2. The minimum Gasteiger partial charge on any atom is -0.482 e. The molecule has 0 aliphatic rings. The molecule has 3 rings (SSSR count). The third-order valence-corrected chi connectivity index (χ3v) is 4.88. The zero-order valence-electron chi connectivity index (χ0n) is 16.2. The number of carbonyl (C=O) groups is 2. The van der Waals surface area contributed by atoms with Crippen molar-refractivity contribution in [2.45, 2.75) is 13.0 Å². The molecule has 0 radical (unpaired) electrons. The van der Waals surface area contributed by atoms with E-state index in [1.165, 1.54) is 6.07 Å². The van der Waals surface area contributed by atoms with E-state index >= 15 is 0 Å². The van der Waals surface area contributed by atoms with Gasteiger partial charge in [0.25, 0.3) is 11.8 Å². The van der Waals surface area contributed by atoms with Gasteiger partial charge in [-0.3, -0.25) is 9.59 Å². The zero-order chi connectivity index (χ0) is 21.5. The van der Waals surface area contributed by atoms with Crippen molar-refractivity contribution in [3.05, 3.63) is 94.0 Å². The number of para-hydroxylation sites is 1. The number of amides is 2. The van der Waals surface area contributed by atoms with E-state index in [2.05, 4.69) is 10.6 Å². The smallest absolute Gasteiger partial charge is 0.262 e. The molecule has 2 N–H and O–H groups in total. The third kappa shape index (κ3) is 5.75. The summed E-state index contributed by atoms with van der Waals surface area (Å²) in [5.41, 5.74) is 1.74. The monoisotopic (exact) mass is 442 g/mol. The van der Waals surface area contributed by atoms with Crippen LogP contribution in [0.1, 0.15) is 28.9 Å². The van der Waals surface area contributed by atoms with Crippen LogP contribution in [0.4, 0.5) is 5.69 Å². The molecule has 7 heteroatoms. The fourth-order valence-electron chi connectivity index (χ4n) is 2.81. The Hall–Kier alpha value is -3.02. The van der Waals surface area contributed by atoms with Gasteiger partial charge >= 0.3 is 0 Å². The van der Waals surface area contributed by atoms with Crippen LogP contribution in [-0.2, 0) is 4.79 Å². The summed E-state index contributed by atoms with van der Waals surface area (Å²) in [6.07, 6.45) is 0. The van der Waals surface area contributed by atoms with Crippen LogP contribution in [0.2, 0.25) is 10.0 Å². The molecule has 0 aliphatic heterocycles. The summed E-state index contributed by atoms with van der Waals surface area (Å²) in [7, 11) is 0.